The minimum atomic E-state index is -0.398. The monoisotopic (exact) mass is 528 g/mol. The molecule has 0 heteroatoms. The summed E-state index contributed by atoms with van der Waals surface area (Å²) in [5, 5.41) is 4.99. The molecular formula is C41H28. The first-order valence-electron chi connectivity index (χ1n) is 17.7. The van der Waals surface area contributed by atoms with Crippen LogP contribution in [0.25, 0.3) is 65.3 Å². The van der Waals surface area contributed by atoms with E-state index in [-0.39, 0.29) is 52.1 Å². The van der Waals surface area contributed by atoms with Crippen molar-refractivity contribution in [3.8, 4) is 22.3 Å². The maximum atomic E-state index is 9.19. The van der Waals surface area contributed by atoms with Gasteiger partial charge in [-0.3, -0.25) is 0 Å². The first-order valence-corrected chi connectivity index (χ1v) is 13.7. The second-order valence-electron chi connectivity index (χ2n) is 10.3. The lowest BCUT2D eigenvalue weighted by Crippen LogP contribution is -1.96. The number of rotatable bonds is 4. The molecule has 8 rings (SSSR count). The van der Waals surface area contributed by atoms with Gasteiger partial charge in [0.2, 0.25) is 0 Å². The Balaban J connectivity index is 1.44. The van der Waals surface area contributed by atoms with Crippen molar-refractivity contribution in [2.45, 2.75) is 6.42 Å². The Kier molecular flexibility index (Phi) is 4.00. The van der Waals surface area contributed by atoms with Gasteiger partial charge in [0.25, 0.3) is 0 Å². The van der Waals surface area contributed by atoms with Crippen LogP contribution < -0.4 is 0 Å². The maximum Gasteiger partial charge on any atom is 0.0629 e. The summed E-state index contributed by atoms with van der Waals surface area (Å²) in [6.07, 6.45) is 0.186. The fourth-order valence-corrected chi connectivity index (χ4v) is 5.98. The molecule has 0 aromatic heterocycles. The second-order valence-corrected chi connectivity index (χ2v) is 10.3. The van der Waals surface area contributed by atoms with Crippen molar-refractivity contribution in [1.82, 2.24) is 0 Å². The zero-order chi connectivity index (χ0) is 34.1. The molecule has 0 aliphatic heterocycles. The molecule has 0 saturated heterocycles. The Morgan fingerprint density at radius 3 is 1.76 bits per heavy atom. The van der Waals surface area contributed by atoms with Gasteiger partial charge >= 0.3 is 0 Å². The lowest BCUT2D eigenvalue weighted by molar-refractivity contribution is 1.23. The molecule has 0 amide bonds. The molecule has 0 unspecified atom stereocenters. The summed E-state index contributed by atoms with van der Waals surface area (Å²) in [6, 6.07) is 33.2. The van der Waals surface area contributed by atoms with Crippen molar-refractivity contribution < 1.29 is 11.0 Å². The number of hydrogen-bond donors (Lipinski definition) is 0. The van der Waals surface area contributed by atoms with Crippen molar-refractivity contribution in [3.63, 3.8) is 0 Å². The molecule has 8 aromatic rings. The number of benzene rings is 8. The minimum absolute atomic E-state index is 0.186. The molecule has 0 bridgehead atoms. The van der Waals surface area contributed by atoms with Crippen LogP contribution in [0, 0.1) is 0 Å². The van der Waals surface area contributed by atoms with Crippen LogP contribution in [-0.4, -0.2) is 0 Å². The highest BCUT2D eigenvalue weighted by Gasteiger charge is 2.17. The second kappa shape index (κ2) is 9.77. The van der Waals surface area contributed by atoms with Crippen LogP contribution in [0.15, 0.2) is 158 Å². The largest absolute Gasteiger partial charge is 0.0629 e. The quantitative estimate of drug-likeness (QED) is 0.199. The highest BCUT2D eigenvalue weighted by Crippen LogP contribution is 2.42. The van der Waals surface area contributed by atoms with Crippen LogP contribution >= 0.6 is 0 Å². The van der Waals surface area contributed by atoms with Crippen LogP contribution in [0.4, 0.5) is 0 Å². The third kappa shape index (κ3) is 4.08. The summed E-state index contributed by atoms with van der Waals surface area (Å²) in [6.45, 7) is 0. The van der Waals surface area contributed by atoms with Gasteiger partial charge in [-0.15, -0.1) is 0 Å². The SMILES string of the molecule is [2H]c1c([2H])c([2H])c2c(-c3cccc4ccccc34)c3c([2H])c([2H])c([2H])c([2H])c3c(Cc3ccc(-c4ccc5ccccc5c4)cc3)c2c1[2H]. The van der Waals surface area contributed by atoms with Gasteiger partial charge in [-0.25, -0.2) is 0 Å². The molecule has 0 saturated carbocycles. The van der Waals surface area contributed by atoms with Gasteiger partial charge in [0, 0.05) is 0 Å². The van der Waals surface area contributed by atoms with Crippen molar-refractivity contribution in [2.24, 2.45) is 0 Å². The summed E-state index contributed by atoms with van der Waals surface area (Å²) in [7, 11) is 0. The molecule has 0 aliphatic carbocycles. The van der Waals surface area contributed by atoms with Crippen LogP contribution in [0.3, 0.4) is 0 Å². The lowest BCUT2D eigenvalue weighted by atomic mass is 9.85. The Hall–Kier alpha value is -5.20. The molecule has 0 spiro atoms. The van der Waals surface area contributed by atoms with Gasteiger partial charge in [0.05, 0.1) is 11.0 Å². The van der Waals surface area contributed by atoms with E-state index < -0.39 is 24.2 Å². The van der Waals surface area contributed by atoms with E-state index in [1.807, 2.05) is 78.9 Å². The standard InChI is InChI=1S/C41H28/c1-2-12-32-27-33(25-24-29(32)10-1)30-22-20-28(21-23-30)26-40-35-15-5-7-17-38(35)41(39-18-8-6-16-36(39)40)37-19-9-13-31-11-3-4-14-34(31)37/h1-25,27H,26H2/i5D,6D,7D,8D,15D,16D,17D,18D. The van der Waals surface area contributed by atoms with E-state index in [0.29, 0.717) is 16.7 Å². The topological polar surface area (TPSA) is 0 Å². The summed E-state index contributed by atoms with van der Waals surface area (Å²) in [5.41, 5.74) is 4.35. The van der Waals surface area contributed by atoms with Gasteiger partial charge in [-0.2, -0.15) is 0 Å². The molecule has 0 nitrogen and oxygen atoms in total. The predicted molar refractivity (Wildman–Crippen MR) is 177 cm³/mol. The number of fused-ring (bicyclic) bond motifs is 4. The van der Waals surface area contributed by atoms with E-state index in [4.69, 9.17) is 5.48 Å². The van der Waals surface area contributed by atoms with Crippen molar-refractivity contribution in [1.29, 1.82) is 0 Å². The summed E-state index contributed by atoms with van der Waals surface area (Å²) in [4.78, 5) is 0. The fraction of sp³-hybridized carbons (Fsp3) is 0.0244. The zero-order valence-electron chi connectivity index (χ0n) is 30.1. The van der Waals surface area contributed by atoms with Gasteiger partial charge in [0.15, 0.2) is 0 Å². The van der Waals surface area contributed by atoms with E-state index in [9.17, 15) is 5.48 Å². The Morgan fingerprint density at radius 2 is 1.02 bits per heavy atom. The van der Waals surface area contributed by atoms with Gasteiger partial charge in [-0.05, 0) is 89.0 Å². The predicted octanol–water partition coefficient (Wildman–Crippen LogP) is 11.2. The van der Waals surface area contributed by atoms with E-state index >= 15 is 0 Å². The third-order valence-electron chi connectivity index (χ3n) is 7.96. The van der Waals surface area contributed by atoms with Crippen molar-refractivity contribution in [2.75, 3.05) is 0 Å². The third-order valence-corrected chi connectivity index (χ3v) is 7.96. The smallest absolute Gasteiger partial charge is 0.0616 e. The summed E-state index contributed by atoms with van der Waals surface area (Å²) < 4.78 is 71.4. The van der Waals surface area contributed by atoms with E-state index in [2.05, 4.69) is 30.3 Å². The molecule has 41 heavy (non-hydrogen) atoms. The van der Waals surface area contributed by atoms with Crippen LogP contribution in [0.5, 0.6) is 0 Å². The van der Waals surface area contributed by atoms with Crippen molar-refractivity contribution in [3.05, 3.63) is 169 Å². The van der Waals surface area contributed by atoms with Crippen LogP contribution in [0.1, 0.15) is 22.1 Å². The summed E-state index contributed by atoms with van der Waals surface area (Å²) in [5.74, 6) is 0. The molecule has 0 aliphatic rings. The number of hydrogen-bond acceptors (Lipinski definition) is 0. The van der Waals surface area contributed by atoms with Gasteiger partial charge < -0.3 is 0 Å². The fourth-order valence-electron chi connectivity index (χ4n) is 5.98. The van der Waals surface area contributed by atoms with Crippen molar-refractivity contribution >= 4 is 43.1 Å². The zero-order valence-corrected chi connectivity index (χ0v) is 22.1. The molecule has 0 atom stereocenters. The van der Waals surface area contributed by atoms with Gasteiger partial charge in [-0.1, -0.05) is 151 Å². The highest BCUT2D eigenvalue weighted by atomic mass is 14.2. The Morgan fingerprint density at radius 1 is 0.439 bits per heavy atom. The molecule has 0 heterocycles. The van der Waals surface area contributed by atoms with E-state index in [1.54, 1.807) is 0 Å². The minimum Gasteiger partial charge on any atom is -0.0616 e. The normalized spacial score (nSPS) is 14.2. The van der Waals surface area contributed by atoms with Gasteiger partial charge in [0.1, 0.15) is 0 Å². The van der Waals surface area contributed by atoms with Crippen LogP contribution in [-0.2, 0) is 6.42 Å². The van der Waals surface area contributed by atoms with Crippen LogP contribution in [0.2, 0.25) is 0 Å². The average molecular weight is 529 g/mol. The van der Waals surface area contributed by atoms with E-state index in [0.717, 1.165) is 38.2 Å². The first kappa shape index (κ1) is 16.8. The first-order chi connectivity index (χ1) is 23.7. The van der Waals surface area contributed by atoms with E-state index in [1.165, 1.54) is 0 Å². The lowest BCUT2D eigenvalue weighted by Gasteiger charge is -2.18. The highest BCUT2D eigenvalue weighted by molar-refractivity contribution is 6.18. The molecule has 0 N–H and O–H groups in total. The summed E-state index contributed by atoms with van der Waals surface area (Å²) >= 11 is 0. The molecule has 8 aromatic carbocycles. The molecule has 0 fully saturated rings. The molecular weight excluding hydrogens is 492 g/mol. The Labute approximate surface area is 251 Å². The molecule has 192 valence electrons. The maximum absolute atomic E-state index is 9.19. The Bertz CT molecular complexity index is 2570. The average Bonchev–Trinajstić information content (AvgIpc) is 3.13. The molecule has 0 radical (unpaired) electrons.